The van der Waals surface area contributed by atoms with Crippen molar-refractivity contribution < 1.29 is 15.0 Å². The molecule has 6 nitrogen and oxygen atoms in total. The lowest BCUT2D eigenvalue weighted by molar-refractivity contribution is -0.0606. The van der Waals surface area contributed by atoms with Crippen LogP contribution in [0.3, 0.4) is 0 Å². The van der Waals surface area contributed by atoms with Gasteiger partial charge in [0.05, 0.1) is 6.61 Å². The van der Waals surface area contributed by atoms with Crippen molar-refractivity contribution in [1.29, 1.82) is 0 Å². The Morgan fingerprint density at radius 2 is 1.87 bits per heavy atom. The Kier molecular flexibility index (Phi) is 6.67. The molecule has 3 heterocycles. The minimum Gasteiger partial charge on any atom is -0.395 e. The number of pyridine rings is 1. The van der Waals surface area contributed by atoms with Gasteiger partial charge in [0.15, 0.2) is 0 Å². The predicted molar refractivity (Wildman–Crippen MR) is 118 cm³/mol. The Morgan fingerprint density at radius 1 is 1.16 bits per heavy atom. The lowest BCUT2D eigenvalue weighted by Gasteiger charge is -2.57. The molecule has 0 saturated carbocycles. The summed E-state index contributed by atoms with van der Waals surface area (Å²) >= 11 is 0. The minimum atomic E-state index is -0.655. The Bertz CT molecular complexity index is 949. The van der Waals surface area contributed by atoms with Crippen LogP contribution in [0.4, 0.5) is 0 Å². The number of rotatable bonds is 3. The summed E-state index contributed by atoms with van der Waals surface area (Å²) in [5.74, 6) is 5.93. The summed E-state index contributed by atoms with van der Waals surface area (Å²) in [6.45, 7) is 4.08. The topological polar surface area (TPSA) is 76.9 Å². The van der Waals surface area contributed by atoms with Crippen LogP contribution < -0.4 is 0 Å². The maximum atomic E-state index is 13.1. The van der Waals surface area contributed by atoms with Crippen molar-refractivity contribution in [1.82, 2.24) is 14.8 Å². The summed E-state index contributed by atoms with van der Waals surface area (Å²) in [7, 11) is 0. The highest BCUT2D eigenvalue weighted by Gasteiger charge is 2.49. The predicted octanol–water partition coefficient (Wildman–Crippen LogP) is 1.88. The Balaban J connectivity index is 1.56. The quantitative estimate of drug-likeness (QED) is 0.743. The normalized spacial score (nSPS) is 24.6. The average Bonchev–Trinajstić information content (AvgIpc) is 2.77. The summed E-state index contributed by atoms with van der Waals surface area (Å²) in [6, 6.07) is 11.8. The third-order valence-electron chi connectivity index (χ3n) is 6.31. The van der Waals surface area contributed by atoms with Gasteiger partial charge in [-0.1, -0.05) is 24.0 Å². The fraction of sp³-hybridized carbons (Fsp3) is 0.440. The molecule has 1 aromatic carbocycles. The fourth-order valence-electron chi connectivity index (χ4n) is 4.78. The molecule has 2 aliphatic heterocycles. The fourth-order valence-corrected chi connectivity index (χ4v) is 4.78. The number of hydrogen-bond donors (Lipinski definition) is 2. The van der Waals surface area contributed by atoms with E-state index in [0.717, 1.165) is 37.1 Å². The summed E-state index contributed by atoms with van der Waals surface area (Å²) < 4.78 is 0. The second-order valence-corrected chi connectivity index (χ2v) is 8.34. The van der Waals surface area contributed by atoms with Crippen molar-refractivity contribution in [3.05, 3.63) is 65.5 Å². The first-order valence-corrected chi connectivity index (χ1v) is 10.9. The molecule has 4 rings (SSSR count). The zero-order valence-electron chi connectivity index (χ0n) is 17.8. The Labute approximate surface area is 183 Å². The SMILES string of the molecule is C[C@H](O)C#Cc1ccc([C@H]2[C@H](CO)N3CCCCN(C(=O)c4ccncc4)C[C@@H]23)cc1. The van der Waals surface area contributed by atoms with Gasteiger partial charge in [-0.25, -0.2) is 0 Å². The molecule has 2 N–H and O–H groups in total. The molecule has 0 aliphatic carbocycles. The molecule has 2 aromatic rings. The molecule has 4 atom stereocenters. The van der Waals surface area contributed by atoms with Crippen LogP contribution in [0, 0.1) is 11.8 Å². The first kappa shape index (κ1) is 21.5. The number of aliphatic hydroxyl groups is 2. The van der Waals surface area contributed by atoms with Gasteiger partial charge in [-0.3, -0.25) is 14.7 Å². The molecule has 0 spiro atoms. The van der Waals surface area contributed by atoms with Crippen LogP contribution in [0.1, 0.15) is 47.2 Å². The highest BCUT2D eigenvalue weighted by Crippen LogP contribution is 2.42. The van der Waals surface area contributed by atoms with Crippen molar-refractivity contribution in [3.8, 4) is 11.8 Å². The van der Waals surface area contributed by atoms with E-state index >= 15 is 0 Å². The average molecular weight is 420 g/mol. The molecule has 2 aliphatic rings. The van der Waals surface area contributed by atoms with E-state index < -0.39 is 6.10 Å². The lowest BCUT2D eigenvalue weighted by atomic mass is 9.74. The summed E-state index contributed by atoms with van der Waals surface area (Å²) in [4.78, 5) is 21.4. The number of hydrogen-bond acceptors (Lipinski definition) is 5. The van der Waals surface area contributed by atoms with E-state index in [1.807, 2.05) is 17.0 Å². The van der Waals surface area contributed by atoms with Crippen molar-refractivity contribution in [2.75, 3.05) is 26.2 Å². The van der Waals surface area contributed by atoms with Crippen molar-refractivity contribution >= 4 is 5.91 Å². The van der Waals surface area contributed by atoms with E-state index in [9.17, 15) is 15.0 Å². The van der Waals surface area contributed by atoms with Gasteiger partial charge in [-0.2, -0.15) is 0 Å². The van der Waals surface area contributed by atoms with E-state index in [-0.39, 0.29) is 30.5 Å². The van der Waals surface area contributed by atoms with E-state index in [1.165, 1.54) is 0 Å². The van der Waals surface area contributed by atoms with Gasteiger partial charge in [0.2, 0.25) is 0 Å². The van der Waals surface area contributed by atoms with Crippen LogP contribution >= 0.6 is 0 Å². The Morgan fingerprint density at radius 3 is 2.55 bits per heavy atom. The molecule has 1 amide bonds. The highest BCUT2D eigenvalue weighted by molar-refractivity contribution is 5.94. The smallest absolute Gasteiger partial charge is 0.254 e. The van der Waals surface area contributed by atoms with Gasteiger partial charge >= 0.3 is 0 Å². The number of amides is 1. The molecule has 1 aromatic heterocycles. The van der Waals surface area contributed by atoms with Crippen LogP contribution in [-0.2, 0) is 0 Å². The first-order valence-electron chi connectivity index (χ1n) is 10.9. The standard InChI is InChI=1S/C25H29N3O3/c1-18(30)4-5-19-6-8-20(9-7-19)24-22-16-27(25(31)21-10-12-26-13-11-21)14-2-3-15-28(22)23(24)17-29/h6-13,18,22-24,29-30H,2-3,14-17H2,1H3/t18-,22-,23-,24+/m0/s1. The van der Waals surface area contributed by atoms with Crippen LogP contribution in [0.2, 0.25) is 0 Å². The van der Waals surface area contributed by atoms with E-state index in [0.29, 0.717) is 12.1 Å². The third kappa shape index (κ3) is 4.64. The van der Waals surface area contributed by atoms with Crippen LogP contribution in [0.15, 0.2) is 48.8 Å². The maximum Gasteiger partial charge on any atom is 0.254 e. The number of nitrogens with zero attached hydrogens (tertiary/aromatic N) is 3. The van der Waals surface area contributed by atoms with Crippen molar-refractivity contribution in [2.24, 2.45) is 0 Å². The number of carbonyl (C=O) groups excluding carboxylic acids is 1. The van der Waals surface area contributed by atoms with Crippen molar-refractivity contribution in [3.63, 3.8) is 0 Å². The summed E-state index contributed by atoms with van der Waals surface area (Å²) in [5.41, 5.74) is 2.67. The number of benzene rings is 1. The van der Waals surface area contributed by atoms with Crippen LogP contribution in [0.5, 0.6) is 0 Å². The van der Waals surface area contributed by atoms with Gasteiger partial charge in [0, 0.05) is 54.6 Å². The molecule has 0 radical (unpaired) electrons. The van der Waals surface area contributed by atoms with Crippen LogP contribution in [0.25, 0.3) is 0 Å². The largest absolute Gasteiger partial charge is 0.395 e. The van der Waals surface area contributed by atoms with Gasteiger partial charge in [0.1, 0.15) is 6.10 Å². The molecule has 2 saturated heterocycles. The van der Waals surface area contributed by atoms with Gasteiger partial charge in [0.25, 0.3) is 5.91 Å². The molecule has 0 bridgehead atoms. The highest BCUT2D eigenvalue weighted by atomic mass is 16.3. The maximum absolute atomic E-state index is 13.1. The molecular weight excluding hydrogens is 390 g/mol. The zero-order chi connectivity index (χ0) is 21.8. The van der Waals surface area contributed by atoms with Crippen LogP contribution in [-0.4, -0.2) is 75.3 Å². The molecule has 6 heteroatoms. The molecule has 0 unspecified atom stereocenters. The number of fused-ring (bicyclic) bond motifs is 1. The second-order valence-electron chi connectivity index (χ2n) is 8.34. The first-order chi connectivity index (χ1) is 15.1. The molecular formula is C25H29N3O3. The summed E-state index contributed by atoms with van der Waals surface area (Å²) in [5, 5.41) is 19.5. The Hall–Kier alpha value is -2.72. The van der Waals surface area contributed by atoms with E-state index in [4.69, 9.17) is 0 Å². The third-order valence-corrected chi connectivity index (χ3v) is 6.31. The van der Waals surface area contributed by atoms with E-state index in [1.54, 1.807) is 31.5 Å². The lowest BCUT2D eigenvalue weighted by Crippen LogP contribution is -2.67. The molecule has 2 fully saturated rings. The minimum absolute atomic E-state index is 0.0409. The number of aliphatic hydroxyl groups excluding tert-OH is 2. The number of aromatic nitrogens is 1. The van der Waals surface area contributed by atoms with Gasteiger partial charge < -0.3 is 15.1 Å². The van der Waals surface area contributed by atoms with Crippen molar-refractivity contribution in [2.45, 2.75) is 43.9 Å². The zero-order valence-corrected chi connectivity index (χ0v) is 17.8. The summed E-state index contributed by atoms with van der Waals surface area (Å²) in [6.07, 6.45) is 4.61. The van der Waals surface area contributed by atoms with E-state index in [2.05, 4.69) is 33.9 Å². The van der Waals surface area contributed by atoms with Gasteiger partial charge in [-0.15, -0.1) is 0 Å². The molecule has 31 heavy (non-hydrogen) atoms. The number of carbonyl (C=O) groups is 1. The monoisotopic (exact) mass is 419 g/mol. The van der Waals surface area contributed by atoms with Gasteiger partial charge in [-0.05, 0) is 56.1 Å². The second kappa shape index (κ2) is 9.61. The molecule has 162 valence electrons.